The second-order valence-electron chi connectivity index (χ2n) is 15.8. The molecule has 0 bridgehead atoms. The van der Waals surface area contributed by atoms with E-state index in [1.54, 1.807) is 12.2 Å². The molecule has 0 aliphatic heterocycles. The van der Waals surface area contributed by atoms with Crippen LogP contribution in [-0.4, -0.2) is 76.9 Å². The van der Waals surface area contributed by atoms with Gasteiger partial charge in [0, 0.05) is 12.8 Å². The first-order valence-electron chi connectivity index (χ1n) is 23.4. The lowest BCUT2D eigenvalue weighted by Crippen LogP contribution is -2.30. The van der Waals surface area contributed by atoms with Crippen LogP contribution >= 0.6 is 7.82 Å². The van der Waals surface area contributed by atoms with Crippen molar-refractivity contribution >= 4 is 19.8 Å². The number of hydrogen-bond acceptors (Lipinski definition) is 10. The third-order valence-electron chi connectivity index (χ3n) is 10.0. The lowest BCUT2D eigenvalue weighted by atomic mass is 9.99. The van der Waals surface area contributed by atoms with Crippen molar-refractivity contribution in [2.24, 2.45) is 5.92 Å². The van der Waals surface area contributed by atoms with Gasteiger partial charge in [-0.2, -0.15) is 0 Å². The van der Waals surface area contributed by atoms with Crippen molar-refractivity contribution in [1.29, 1.82) is 0 Å². The number of phosphoric ester groups is 1. The molecule has 0 radical (unpaired) electrons. The minimum Gasteiger partial charge on any atom is -0.462 e. The van der Waals surface area contributed by atoms with Crippen molar-refractivity contribution in [1.82, 2.24) is 0 Å². The molecule has 0 heterocycles. The summed E-state index contributed by atoms with van der Waals surface area (Å²) in [4.78, 5) is 35.1. The van der Waals surface area contributed by atoms with Crippen molar-refractivity contribution in [3.05, 3.63) is 72.9 Å². The summed E-state index contributed by atoms with van der Waals surface area (Å²) in [6.07, 6.45) is 44.8. The summed E-state index contributed by atoms with van der Waals surface area (Å²) in [7, 11) is -4.69. The fraction of sp³-hybridized carbons (Fsp3) is 0.714. The van der Waals surface area contributed by atoms with Gasteiger partial charge in [0.2, 0.25) is 0 Å². The Morgan fingerprint density at radius 3 is 1.61 bits per heavy atom. The number of allylic oxidation sites excluding steroid dienone is 11. The van der Waals surface area contributed by atoms with Crippen molar-refractivity contribution in [3.8, 4) is 0 Å². The molecule has 3 unspecified atom stereocenters. The van der Waals surface area contributed by atoms with E-state index in [4.69, 9.17) is 19.1 Å². The number of phosphoric acid groups is 1. The minimum absolute atomic E-state index is 0.0624. The number of carbonyl (C=O) groups is 2. The zero-order chi connectivity index (χ0) is 45.1. The maximum atomic E-state index is 12.6. The van der Waals surface area contributed by atoms with E-state index in [0.29, 0.717) is 6.42 Å². The number of ether oxygens (including phenoxy) is 2. The molecule has 0 fully saturated rings. The lowest BCUT2D eigenvalue weighted by molar-refractivity contribution is -0.161. The standard InChI is InChI=1S/C49H85O11P/c1-4-6-7-8-9-10-11-12-13-14-18-21-24-27-30-33-36-45(51)38-39-49(54)60-47(43-59-61(55,56)58-41-46(52)40-50)42-57-48(53)37-34-31-28-25-22-19-16-15-17-20-23-26-29-32-35-44(3)5-2/h6-7,9-10,12-13,18,21,27,30,33,36,44-47,50-52H,4-5,8,11,14-17,19-20,22-26,28-29,31-32,34-35,37-43H2,1-3H3,(H,55,56)/b7-6-,10-9-,13-12-,21-18-,30-27-,36-33-/t44?,45?,46-,47+/m0/s1. The summed E-state index contributed by atoms with van der Waals surface area (Å²) >= 11 is 0. The number of aliphatic hydroxyl groups excluding tert-OH is 3. The Morgan fingerprint density at radius 2 is 1.08 bits per heavy atom. The summed E-state index contributed by atoms with van der Waals surface area (Å²) in [5.74, 6) is -0.343. The highest BCUT2D eigenvalue weighted by Crippen LogP contribution is 2.43. The molecule has 0 spiro atoms. The van der Waals surface area contributed by atoms with E-state index in [-0.39, 0.29) is 19.3 Å². The molecule has 0 aliphatic carbocycles. The summed E-state index contributed by atoms with van der Waals surface area (Å²) in [6, 6.07) is 0. The fourth-order valence-electron chi connectivity index (χ4n) is 6.02. The Morgan fingerprint density at radius 1 is 0.590 bits per heavy atom. The molecule has 61 heavy (non-hydrogen) atoms. The summed E-state index contributed by atoms with van der Waals surface area (Å²) < 4.78 is 32.6. The van der Waals surface area contributed by atoms with Crippen LogP contribution in [0.25, 0.3) is 0 Å². The first kappa shape index (κ1) is 58.4. The van der Waals surface area contributed by atoms with E-state index in [9.17, 15) is 29.3 Å². The molecule has 0 aromatic rings. The molecule has 0 aliphatic rings. The van der Waals surface area contributed by atoms with E-state index in [1.165, 1.54) is 77.0 Å². The zero-order valence-electron chi connectivity index (χ0n) is 38.1. The summed E-state index contributed by atoms with van der Waals surface area (Å²) in [5.41, 5.74) is 0. The van der Waals surface area contributed by atoms with Crippen molar-refractivity contribution in [3.63, 3.8) is 0 Å². The van der Waals surface area contributed by atoms with Crippen LogP contribution in [0.1, 0.15) is 175 Å². The van der Waals surface area contributed by atoms with Gasteiger partial charge in [-0.15, -0.1) is 0 Å². The smallest absolute Gasteiger partial charge is 0.462 e. The Hall–Kier alpha value is -2.63. The number of esters is 2. The Kier molecular flexibility index (Phi) is 40.8. The van der Waals surface area contributed by atoms with Gasteiger partial charge >= 0.3 is 19.8 Å². The van der Waals surface area contributed by atoms with Gasteiger partial charge in [0.1, 0.15) is 12.7 Å². The van der Waals surface area contributed by atoms with Gasteiger partial charge in [0.05, 0.1) is 25.9 Å². The molecule has 0 saturated carbocycles. The maximum absolute atomic E-state index is 12.6. The van der Waals surface area contributed by atoms with Crippen LogP contribution in [-0.2, 0) is 32.7 Å². The molecule has 0 amide bonds. The molecule has 0 rings (SSSR count). The van der Waals surface area contributed by atoms with Crippen molar-refractivity contribution in [2.45, 2.75) is 193 Å². The minimum atomic E-state index is -4.69. The van der Waals surface area contributed by atoms with Gasteiger partial charge in [0.15, 0.2) is 6.10 Å². The Labute approximate surface area is 370 Å². The predicted molar refractivity (Wildman–Crippen MR) is 248 cm³/mol. The predicted octanol–water partition coefficient (Wildman–Crippen LogP) is 11.7. The second-order valence-corrected chi connectivity index (χ2v) is 17.3. The molecule has 12 heteroatoms. The van der Waals surface area contributed by atoms with Crippen LogP contribution in [0.5, 0.6) is 0 Å². The van der Waals surface area contributed by atoms with Gasteiger partial charge in [0.25, 0.3) is 0 Å². The quantitative estimate of drug-likeness (QED) is 0.0151. The molecule has 5 atom stereocenters. The molecular weight excluding hydrogens is 796 g/mol. The molecule has 11 nitrogen and oxygen atoms in total. The van der Waals surface area contributed by atoms with Gasteiger partial charge < -0.3 is 29.7 Å². The Balaban J connectivity index is 4.48. The van der Waals surface area contributed by atoms with Crippen LogP contribution < -0.4 is 0 Å². The number of unbranched alkanes of at least 4 members (excludes halogenated alkanes) is 13. The van der Waals surface area contributed by atoms with Crippen molar-refractivity contribution < 1.29 is 52.9 Å². The first-order valence-corrected chi connectivity index (χ1v) is 24.9. The average Bonchev–Trinajstić information content (AvgIpc) is 3.25. The first-order chi connectivity index (χ1) is 29.5. The van der Waals surface area contributed by atoms with Gasteiger partial charge in [-0.05, 0) is 50.9 Å². The normalized spacial score (nSPS) is 15.5. The lowest BCUT2D eigenvalue weighted by Gasteiger charge is -2.20. The second kappa shape index (κ2) is 42.7. The molecule has 0 aromatic heterocycles. The zero-order valence-corrected chi connectivity index (χ0v) is 39.0. The largest absolute Gasteiger partial charge is 0.472 e. The molecule has 0 aromatic carbocycles. The van der Waals surface area contributed by atoms with Crippen LogP contribution in [0.2, 0.25) is 0 Å². The summed E-state index contributed by atoms with van der Waals surface area (Å²) in [6.45, 7) is 4.36. The van der Waals surface area contributed by atoms with Gasteiger partial charge in [-0.25, -0.2) is 4.57 Å². The number of carbonyl (C=O) groups excluding carboxylic acids is 2. The third kappa shape index (κ3) is 42.4. The monoisotopic (exact) mass is 881 g/mol. The van der Waals surface area contributed by atoms with Crippen LogP contribution in [0.15, 0.2) is 72.9 Å². The third-order valence-corrected chi connectivity index (χ3v) is 11.0. The van der Waals surface area contributed by atoms with Gasteiger partial charge in [-0.1, -0.05) is 190 Å². The van der Waals surface area contributed by atoms with Crippen LogP contribution in [0.3, 0.4) is 0 Å². The molecule has 352 valence electrons. The maximum Gasteiger partial charge on any atom is 0.472 e. The highest BCUT2D eigenvalue weighted by atomic mass is 31.2. The van der Waals surface area contributed by atoms with Crippen LogP contribution in [0, 0.1) is 5.92 Å². The van der Waals surface area contributed by atoms with E-state index >= 15 is 0 Å². The average molecular weight is 881 g/mol. The SMILES string of the molecule is CC/C=C\C/C=C\C/C=C\C/C=C\C/C=C\C=C/C(O)CCC(=O)O[C@H](COC(=O)CCCCCCCCCCCCCCCCC(C)CC)COP(=O)(O)OC[C@@H](O)CO. The number of rotatable bonds is 42. The summed E-state index contributed by atoms with van der Waals surface area (Å²) in [5, 5.41) is 28.7. The molecule has 4 N–H and O–H groups in total. The highest BCUT2D eigenvalue weighted by molar-refractivity contribution is 7.47. The van der Waals surface area contributed by atoms with Gasteiger partial charge in [-0.3, -0.25) is 18.6 Å². The van der Waals surface area contributed by atoms with Crippen LogP contribution in [0.4, 0.5) is 0 Å². The Bertz CT molecular complexity index is 1270. The van der Waals surface area contributed by atoms with E-state index in [0.717, 1.165) is 57.3 Å². The molecular formula is C49H85O11P. The van der Waals surface area contributed by atoms with E-state index < -0.39 is 64.5 Å². The number of hydrogen-bond donors (Lipinski definition) is 4. The fourth-order valence-corrected chi connectivity index (χ4v) is 6.81. The molecule has 0 saturated heterocycles. The highest BCUT2D eigenvalue weighted by Gasteiger charge is 2.27. The van der Waals surface area contributed by atoms with E-state index in [2.05, 4.69) is 73.9 Å². The topological polar surface area (TPSA) is 169 Å². The number of aliphatic hydroxyl groups is 3. The van der Waals surface area contributed by atoms with Crippen molar-refractivity contribution in [2.75, 3.05) is 26.4 Å². The van der Waals surface area contributed by atoms with E-state index in [1.807, 2.05) is 12.2 Å².